The highest BCUT2D eigenvalue weighted by Gasteiger charge is 2.14. The third-order valence-electron chi connectivity index (χ3n) is 2.09. The van der Waals surface area contributed by atoms with Crippen molar-refractivity contribution < 1.29 is 9.90 Å². The maximum absolute atomic E-state index is 11.3. The van der Waals surface area contributed by atoms with Crippen molar-refractivity contribution in [1.29, 1.82) is 0 Å². The van der Waals surface area contributed by atoms with E-state index in [-0.39, 0.29) is 18.6 Å². The quantitative estimate of drug-likeness (QED) is 0.549. The minimum absolute atomic E-state index is 0.0510. The van der Waals surface area contributed by atoms with Crippen LogP contribution in [0.25, 0.3) is 0 Å². The van der Waals surface area contributed by atoms with Gasteiger partial charge in [-0.1, -0.05) is 13.8 Å². The number of carbonyl (C=O) groups excluding carboxylic acids is 1. The van der Waals surface area contributed by atoms with E-state index in [9.17, 15) is 4.79 Å². The Morgan fingerprint density at radius 1 is 1.46 bits per heavy atom. The summed E-state index contributed by atoms with van der Waals surface area (Å²) in [5, 5.41) is 11.5. The van der Waals surface area contributed by atoms with Crippen molar-refractivity contribution in [2.45, 2.75) is 45.2 Å². The van der Waals surface area contributed by atoms with Crippen molar-refractivity contribution in [3.8, 4) is 0 Å². The van der Waals surface area contributed by atoms with E-state index in [0.717, 1.165) is 6.42 Å². The van der Waals surface area contributed by atoms with Gasteiger partial charge in [-0.3, -0.25) is 4.79 Å². The summed E-state index contributed by atoms with van der Waals surface area (Å²) in [6, 6.07) is -0.372. The number of aliphatic hydroxyl groups is 1. The highest BCUT2D eigenvalue weighted by atomic mass is 16.3. The number of carbonyl (C=O) groups is 1. The molecule has 0 bridgehead atoms. The van der Waals surface area contributed by atoms with E-state index in [1.165, 1.54) is 0 Å². The minimum atomic E-state index is -0.423. The molecule has 2 atom stereocenters. The van der Waals surface area contributed by atoms with Gasteiger partial charge in [-0.15, -0.1) is 0 Å². The number of amides is 1. The lowest BCUT2D eigenvalue weighted by Gasteiger charge is -2.18. The zero-order valence-corrected chi connectivity index (χ0v) is 8.42. The van der Waals surface area contributed by atoms with Crippen LogP contribution in [0.15, 0.2) is 0 Å². The van der Waals surface area contributed by atoms with Crippen molar-refractivity contribution in [1.82, 2.24) is 5.32 Å². The summed E-state index contributed by atoms with van der Waals surface area (Å²) in [7, 11) is 0. The largest absolute Gasteiger partial charge is 0.396 e. The van der Waals surface area contributed by atoms with Crippen LogP contribution in [0.3, 0.4) is 0 Å². The summed E-state index contributed by atoms with van der Waals surface area (Å²) in [6.07, 6.45) is 2.06. The van der Waals surface area contributed by atoms with E-state index in [2.05, 4.69) is 5.32 Å². The van der Waals surface area contributed by atoms with Gasteiger partial charge in [0.25, 0.3) is 0 Å². The summed E-state index contributed by atoms with van der Waals surface area (Å²) in [4.78, 5) is 11.3. The number of nitrogens with two attached hydrogens (primary N) is 1. The molecule has 1 amide bonds. The van der Waals surface area contributed by atoms with Crippen LogP contribution in [0, 0.1) is 0 Å². The standard InChI is InChI=1S/C9H20N2O2/c1-3-7(5-6-12)11-9(13)8(10)4-2/h7-8,12H,3-6,10H2,1-2H3,(H,11,13)/t7?,8-/m0/s1. The summed E-state index contributed by atoms with van der Waals surface area (Å²) >= 11 is 0. The first-order valence-electron chi connectivity index (χ1n) is 4.82. The number of hydrogen-bond donors (Lipinski definition) is 3. The molecule has 0 rings (SSSR count). The van der Waals surface area contributed by atoms with E-state index < -0.39 is 6.04 Å². The fourth-order valence-electron chi connectivity index (χ4n) is 1.03. The highest BCUT2D eigenvalue weighted by Crippen LogP contribution is 1.97. The summed E-state index contributed by atoms with van der Waals surface area (Å²) in [5.41, 5.74) is 5.54. The number of nitrogens with one attached hydrogen (secondary N) is 1. The second-order valence-corrected chi connectivity index (χ2v) is 3.14. The molecule has 0 fully saturated rings. The topological polar surface area (TPSA) is 75.3 Å². The molecule has 1 unspecified atom stereocenters. The second kappa shape index (κ2) is 6.86. The maximum Gasteiger partial charge on any atom is 0.237 e. The Morgan fingerprint density at radius 2 is 2.08 bits per heavy atom. The second-order valence-electron chi connectivity index (χ2n) is 3.14. The Morgan fingerprint density at radius 3 is 2.46 bits per heavy atom. The van der Waals surface area contributed by atoms with Gasteiger partial charge in [0.15, 0.2) is 0 Å². The first kappa shape index (κ1) is 12.4. The first-order valence-corrected chi connectivity index (χ1v) is 4.82. The fourth-order valence-corrected chi connectivity index (χ4v) is 1.03. The maximum atomic E-state index is 11.3. The van der Waals surface area contributed by atoms with E-state index in [1.54, 1.807) is 0 Å². The van der Waals surface area contributed by atoms with Gasteiger partial charge < -0.3 is 16.2 Å². The van der Waals surface area contributed by atoms with Gasteiger partial charge >= 0.3 is 0 Å². The Hall–Kier alpha value is -0.610. The Labute approximate surface area is 79.5 Å². The fraction of sp³-hybridized carbons (Fsp3) is 0.889. The highest BCUT2D eigenvalue weighted by molar-refractivity contribution is 5.81. The Kier molecular flexibility index (Phi) is 6.54. The molecule has 13 heavy (non-hydrogen) atoms. The number of rotatable bonds is 6. The predicted octanol–water partition coefficient (Wildman–Crippen LogP) is 0.000900. The van der Waals surface area contributed by atoms with Gasteiger partial charge in [0.2, 0.25) is 5.91 Å². The molecule has 4 heteroatoms. The molecule has 0 aliphatic rings. The van der Waals surface area contributed by atoms with Crippen molar-refractivity contribution in [3.05, 3.63) is 0 Å². The van der Waals surface area contributed by atoms with Crippen LogP contribution in [-0.2, 0) is 4.79 Å². The lowest BCUT2D eigenvalue weighted by Crippen LogP contribution is -2.45. The smallest absolute Gasteiger partial charge is 0.237 e. The molecule has 0 aromatic carbocycles. The zero-order valence-electron chi connectivity index (χ0n) is 8.42. The zero-order chi connectivity index (χ0) is 10.3. The molecule has 4 nitrogen and oxygen atoms in total. The molecule has 0 aromatic rings. The molecule has 0 heterocycles. The Balaban J connectivity index is 3.85. The van der Waals surface area contributed by atoms with Crippen LogP contribution in [0.5, 0.6) is 0 Å². The molecular formula is C9H20N2O2. The van der Waals surface area contributed by atoms with E-state index in [4.69, 9.17) is 10.8 Å². The molecular weight excluding hydrogens is 168 g/mol. The van der Waals surface area contributed by atoms with Gasteiger partial charge in [0.05, 0.1) is 6.04 Å². The van der Waals surface area contributed by atoms with Crippen LogP contribution >= 0.6 is 0 Å². The molecule has 0 aliphatic heterocycles. The van der Waals surface area contributed by atoms with Crippen LogP contribution in [0.2, 0.25) is 0 Å². The van der Waals surface area contributed by atoms with Crippen LogP contribution < -0.4 is 11.1 Å². The van der Waals surface area contributed by atoms with Crippen molar-refractivity contribution in [2.75, 3.05) is 6.61 Å². The molecule has 0 saturated carbocycles. The summed E-state index contributed by atoms with van der Waals surface area (Å²) in [5.74, 6) is -0.122. The van der Waals surface area contributed by atoms with E-state index in [0.29, 0.717) is 12.8 Å². The summed E-state index contributed by atoms with van der Waals surface area (Å²) < 4.78 is 0. The van der Waals surface area contributed by atoms with Crippen LogP contribution in [0.1, 0.15) is 33.1 Å². The van der Waals surface area contributed by atoms with Crippen LogP contribution in [-0.4, -0.2) is 29.7 Å². The van der Waals surface area contributed by atoms with Crippen molar-refractivity contribution >= 4 is 5.91 Å². The first-order chi connectivity index (χ1) is 6.15. The molecule has 78 valence electrons. The average molecular weight is 188 g/mol. The van der Waals surface area contributed by atoms with Gasteiger partial charge in [0.1, 0.15) is 0 Å². The Bertz CT molecular complexity index is 151. The molecule has 4 N–H and O–H groups in total. The van der Waals surface area contributed by atoms with Crippen LogP contribution in [0.4, 0.5) is 0 Å². The van der Waals surface area contributed by atoms with E-state index >= 15 is 0 Å². The molecule has 0 saturated heterocycles. The normalized spacial score (nSPS) is 15.1. The van der Waals surface area contributed by atoms with Crippen molar-refractivity contribution in [3.63, 3.8) is 0 Å². The number of hydrogen-bond acceptors (Lipinski definition) is 3. The van der Waals surface area contributed by atoms with Gasteiger partial charge in [-0.25, -0.2) is 0 Å². The van der Waals surface area contributed by atoms with Crippen molar-refractivity contribution in [2.24, 2.45) is 5.73 Å². The minimum Gasteiger partial charge on any atom is -0.396 e. The lowest BCUT2D eigenvalue weighted by molar-refractivity contribution is -0.123. The molecule has 0 spiro atoms. The average Bonchev–Trinajstić information content (AvgIpc) is 2.15. The molecule has 0 aromatic heterocycles. The lowest BCUT2D eigenvalue weighted by atomic mass is 10.1. The van der Waals surface area contributed by atoms with E-state index in [1.807, 2.05) is 13.8 Å². The van der Waals surface area contributed by atoms with Gasteiger partial charge in [-0.2, -0.15) is 0 Å². The SMILES string of the molecule is CCC(CCO)NC(=O)[C@@H](N)CC. The number of aliphatic hydroxyl groups excluding tert-OH is 1. The van der Waals surface area contributed by atoms with Gasteiger partial charge in [-0.05, 0) is 19.3 Å². The molecule has 0 aliphatic carbocycles. The predicted molar refractivity (Wildman–Crippen MR) is 52.2 cm³/mol. The van der Waals surface area contributed by atoms with Gasteiger partial charge in [0, 0.05) is 12.6 Å². The summed E-state index contributed by atoms with van der Waals surface area (Å²) in [6.45, 7) is 3.94. The monoisotopic (exact) mass is 188 g/mol. The third kappa shape index (κ3) is 4.85. The molecule has 0 radical (unpaired) electrons. The third-order valence-corrected chi connectivity index (χ3v) is 2.09.